The number of nitro benzene ring substituents is 1. The van der Waals surface area contributed by atoms with Crippen LogP contribution in [0.1, 0.15) is 21.5 Å². The van der Waals surface area contributed by atoms with E-state index in [2.05, 4.69) is 10.3 Å². The first-order chi connectivity index (χ1) is 18.9. The van der Waals surface area contributed by atoms with Crippen molar-refractivity contribution in [3.05, 3.63) is 106 Å². The highest BCUT2D eigenvalue weighted by Crippen LogP contribution is 2.29. The van der Waals surface area contributed by atoms with Crippen LogP contribution in [0.5, 0.6) is 11.5 Å². The molecular formula is C28H26N4O7. The lowest BCUT2D eigenvalue weighted by molar-refractivity contribution is -0.384. The molecule has 3 aromatic carbocycles. The predicted molar refractivity (Wildman–Crippen MR) is 144 cm³/mol. The molecule has 0 unspecified atom stereocenters. The van der Waals surface area contributed by atoms with Crippen molar-refractivity contribution in [2.75, 3.05) is 13.7 Å². The van der Waals surface area contributed by atoms with Gasteiger partial charge in [0.1, 0.15) is 6.61 Å². The van der Waals surface area contributed by atoms with Crippen LogP contribution in [0.15, 0.2) is 79.0 Å². The number of non-ortho nitro benzene ring substituents is 1. The molecule has 4 rings (SSSR count). The Hall–Kier alpha value is -5.16. The standard InChI is InChI=1S/C28H26N4O7/c1-38-26-14-18(7-13-27(33)31-35)6-12-25(26)39-17-21(15-20-16-29-24-5-3-2-4-23(20)24)30-28(34)19-8-10-22(11-9-19)32(36)37/h2-14,16,21,29,35H,15,17H2,1H3,(H,30,34)(H,31,33)/b13-7+/t21-/m0/s1. The number of methoxy groups -OCH3 is 1. The number of benzene rings is 3. The van der Waals surface area contributed by atoms with Gasteiger partial charge in [-0.25, -0.2) is 5.48 Å². The number of rotatable bonds is 11. The fourth-order valence-electron chi connectivity index (χ4n) is 4.03. The van der Waals surface area contributed by atoms with Crippen molar-refractivity contribution in [2.24, 2.45) is 0 Å². The molecule has 4 aromatic rings. The van der Waals surface area contributed by atoms with Crippen LogP contribution in [-0.4, -0.2) is 46.7 Å². The van der Waals surface area contributed by atoms with Crippen LogP contribution in [0.4, 0.5) is 5.69 Å². The molecule has 0 fully saturated rings. The molecule has 200 valence electrons. The lowest BCUT2D eigenvalue weighted by Crippen LogP contribution is -2.40. The number of hydrogen-bond acceptors (Lipinski definition) is 7. The highest BCUT2D eigenvalue weighted by atomic mass is 16.6. The highest BCUT2D eigenvalue weighted by molar-refractivity contribution is 5.94. The number of fused-ring (bicyclic) bond motifs is 1. The maximum Gasteiger partial charge on any atom is 0.269 e. The van der Waals surface area contributed by atoms with Crippen LogP contribution in [0.25, 0.3) is 17.0 Å². The number of ether oxygens (including phenoxy) is 2. The SMILES string of the molecule is COc1cc(/C=C/C(=O)NO)ccc1OC[C@H](Cc1c[nH]c2ccccc12)NC(=O)c1ccc([N+](=O)[O-])cc1. The number of amides is 2. The molecule has 4 N–H and O–H groups in total. The third-order valence-corrected chi connectivity index (χ3v) is 5.98. The predicted octanol–water partition coefficient (Wildman–Crippen LogP) is 4.02. The number of hydrogen-bond donors (Lipinski definition) is 4. The van der Waals surface area contributed by atoms with E-state index in [1.807, 2.05) is 30.5 Å². The zero-order valence-corrected chi connectivity index (χ0v) is 20.9. The topological polar surface area (TPSA) is 156 Å². The molecule has 1 atom stereocenters. The van der Waals surface area contributed by atoms with E-state index in [1.54, 1.807) is 18.2 Å². The van der Waals surface area contributed by atoms with Gasteiger partial charge < -0.3 is 19.8 Å². The van der Waals surface area contributed by atoms with Crippen molar-refractivity contribution in [1.82, 2.24) is 15.8 Å². The maximum atomic E-state index is 13.0. The van der Waals surface area contributed by atoms with Gasteiger partial charge in [-0.15, -0.1) is 0 Å². The van der Waals surface area contributed by atoms with Crippen molar-refractivity contribution < 1.29 is 29.2 Å². The Morgan fingerprint density at radius 3 is 2.59 bits per heavy atom. The average molecular weight is 531 g/mol. The molecule has 0 aliphatic heterocycles. The van der Waals surface area contributed by atoms with E-state index < -0.39 is 22.8 Å². The van der Waals surface area contributed by atoms with Crippen molar-refractivity contribution in [3.8, 4) is 11.5 Å². The fraction of sp³-hybridized carbons (Fsp3) is 0.143. The van der Waals surface area contributed by atoms with E-state index in [-0.39, 0.29) is 17.9 Å². The van der Waals surface area contributed by atoms with Gasteiger partial charge in [-0.05, 0) is 54.0 Å². The molecule has 11 nitrogen and oxygen atoms in total. The normalized spacial score (nSPS) is 11.7. The first-order valence-corrected chi connectivity index (χ1v) is 11.9. The lowest BCUT2D eigenvalue weighted by Gasteiger charge is -2.20. The van der Waals surface area contributed by atoms with Crippen LogP contribution >= 0.6 is 0 Å². The minimum atomic E-state index is -0.668. The number of carbonyl (C=O) groups excluding carboxylic acids is 2. The van der Waals surface area contributed by atoms with Gasteiger partial charge in [-0.3, -0.25) is 24.9 Å². The smallest absolute Gasteiger partial charge is 0.269 e. The molecule has 2 amide bonds. The summed E-state index contributed by atoms with van der Waals surface area (Å²) in [5.74, 6) is -0.227. The molecule has 0 radical (unpaired) electrons. The molecular weight excluding hydrogens is 504 g/mol. The molecule has 1 heterocycles. The van der Waals surface area contributed by atoms with E-state index in [0.29, 0.717) is 23.5 Å². The minimum Gasteiger partial charge on any atom is -0.493 e. The zero-order chi connectivity index (χ0) is 27.8. The summed E-state index contributed by atoms with van der Waals surface area (Å²) in [6.45, 7) is 0.0939. The number of nitrogens with one attached hydrogen (secondary N) is 3. The molecule has 39 heavy (non-hydrogen) atoms. The van der Waals surface area contributed by atoms with E-state index in [0.717, 1.165) is 16.5 Å². The molecule has 0 aliphatic rings. The molecule has 0 saturated heterocycles. The minimum absolute atomic E-state index is 0.0939. The second kappa shape index (κ2) is 12.4. The van der Waals surface area contributed by atoms with Crippen LogP contribution in [0.2, 0.25) is 0 Å². The van der Waals surface area contributed by atoms with Gasteiger partial charge in [0.25, 0.3) is 17.5 Å². The summed E-state index contributed by atoms with van der Waals surface area (Å²) in [4.78, 5) is 38.0. The summed E-state index contributed by atoms with van der Waals surface area (Å²) in [6.07, 6.45) is 5.00. The molecule has 0 bridgehead atoms. The summed E-state index contributed by atoms with van der Waals surface area (Å²) in [5, 5.41) is 23.6. The van der Waals surface area contributed by atoms with Crippen molar-refractivity contribution >= 4 is 34.5 Å². The number of H-pyrrole nitrogens is 1. The van der Waals surface area contributed by atoms with Crippen molar-refractivity contribution in [3.63, 3.8) is 0 Å². The molecule has 0 spiro atoms. The first-order valence-electron chi connectivity index (χ1n) is 11.9. The van der Waals surface area contributed by atoms with Gasteiger partial charge in [0.2, 0.25) is 0 Å². The van der Waals surface area contributed by atoms with Gasteiger partial charge in [-0.1, -0.05) is 24.3 Å². The van der Waals surface area contributed by atoms with Crippen LogP contribution in [-0.2, 0) is 11.2 Å². The molecule has 0 saturated carbocycles. The second-order valence-electron chi connectivity index (χ2n) is 8.57. The Morgan fingerprint density at radius 2 is 1.87 bits per heavy atom. The number of nitrogens with zero attached hydrogens (tertiary/aromatic N) is 1. The van der Waals surface area contributed by atoms with Gasteiger partial charge in [0, 0.05) is 40.9 Å². The Bertz CT molecular complexity index is 1510. The molecule has 1 aromatic heterocycles. The largest absolute Gasteiger partial charge is 0.493 e. The summed E-state index contributed by atoms with van der Waals surface area (Å²) >= 11 is 0. The summed E-state index contributed by atoms with van der Waals surface area (Å²) in [5.41, 5.74) is 4.30. The van der Waals surface area contributed by atoms with Crippen molar-refractivity contribution in [1.29, 1.82) is 0 Å². The third-order valence-electron chi connectivity index (χ3n) is 5.98. The molecule has 11 heteroatoms. The number of hydroxylamine groups is 1. The number of carbonyl (C=O) groups is 2. The average Bonchev–Trinajstić information content (AvgIpc) is 3.37. The van der Waals surface area contributed by atoms with Gasteiger partial charge in [0.05, 0.1) is 18.1 Å². The maximum absolute atomic E-state index is 13.0. The lowest BCUT2D eigenvalue weighted by atomic mass is 10.0. The number of aromatic amines is 1. The van der Waals surface area contributed by atoms with E-state index >= 15 is 0 Å². The quantitative estimate of drug-likeness (QED) is 0.0987. The van der Waals surface area contributed by atoms with Crippen molar-refractivity contribution in [2.45, 2.75) is 12.5 Å². The van der Waals surface area contributed by atoms with Crippen LogP contribution in [0, 0.1) is 10.1 Å². The highest BCUT2D eigenvalue weighted by Gasteiger charge is 2.19. The van der Waals surface area contributed by atoms with E-state index in [9.17, 15) is 19.7 Å². The van der Waals surface area contributed by atoms with Gasteiger partial charge in [0.15, 0.2) is 11.5 Å². The summed E-state index contributed by atoms with van der Waals surface area (Å²) in [6, 6.07) is 17.8. The summed E-state index contributed by atoms with van der Waals surface area (Å²) < 4.78 is 11.5. The van der Waals surface area contributed by atoms with Gasteiger partial charge in [-0.2, -0.15) is 0 Å². The van der Waals surface area contributed by atoms with Gasteiger partial charge >= 0.3 is 0 Å². The van der Waals surface area contributed by atoms with Crippen LogP contribution < -0.4 is 20.3 Å². The Labute approximate surface area is 223 Å². The Morgan fingerprint density at radius 1 is 1.10 bits per heavy atom. The Balaban J connectivity index is 1.54. The number of aromatic nitrogens is 1. The van der Waals surface area contributed by atoms with E-state index in [1.165, 1.54) is 49.0 Å². The number of para-hydroxylation sites is 1. The monoisotopic (exact) mass is 530 g/mol. The first kappa shape index (κ1) is 26.9. The molecule has 0 aliphatic carbocycles. The number of nitro groups is 1. The fourth-order valence-corrected chi connectivity index (χ4v) is 4.03. The van der Waals surface area contributed by atoms with Crippen LogP contribution in [0.3, 0.4) is 0 Å². The second-order valence-corrected chi connectivity index (χ2v) is 8.57. The summed E-state index contributed by atoms with van der Waals surface area (Å²) in [7, 11) is 1.48. The zero-order valence-electron chi connectivity index (χ0n) is 20.9. The third kappa shape index (κ3) is 6.79. The van der Waals surface area contributed by atoms with E-state index in [4.69, 9.17) is 14.7 Å². The Kier molecular flexibility index (Phi) is 8.54.